The summed E-state index contributed by atoms with van der Waals surface area (Å²) in [7, 11) is 1.51. The van der Waals surface area contributed by atoms with E-state index in [4.69, 9.17) is 0 Å². The van der Waals surface area contributed by atoms with Gasteiger partial charge in [-0.3, -0.25) is 15.1 Å². The van der Waals surface area contributed by atoms with Gasteiger partial charge in [0, 0.05) is 7.05 Å². The van der Waals surface area contributed by atoms with Crippen molar-refractivity contribution in [2.24, 2.45) is 9.98 Å². The van der Waals surface area contributed by atoms with Crippen LogP contribution >= 0.6 is 0 Å². The van der Waals surface area contributed by atoms with Gasteiger partial charge in [0.05, 0.1) is 24.9 Å². The molecule has 31 heavy (non-hydrogen) atoms. The summed E-state index contributed by atoms with van der Waals surface area (Å²) in [6.07, 6.45) is 0.657. The average molecular weight is 431 g/mol. The highest BCUT2D eigenvalue weighted by Crippen LogP contribution is 2.32. The fourth-order valence-electron chi connectivity index (χ4n) is 3.63. The molecule has 7 nitrogen and oxygen atoms in total. The molecule has 0 bridgehead atoms. The second-order valence-electron chi connectivity index (χ2n) is 7.22. The van der Waals surface area contributed by atoms with Crippen molar-refractivity contribution >= 4 is 23.6 Å². The molecule has 10 heteroatoms. The van der Waals surface area contributed by atoms with Crippen molar-refractivity contribution in [3.63, 3.8) is 0 Å². The maximum atomic E-state index is 13.9. The summed E-state index contributed by atoms with van der Waals surface area (Å²) < 4.78 is 41.2. The van der Waals surface area contributed by atoms with E-state index >= 15 is 0 Å². The molecule has 2 amide bonds. The molecule has 2 N–H and O–H groups in total. The number of rotatable bonds is 4. The van der Waals surface area contributed by atoms with Crippen molar-refractivity contribution < 1.29 is 23.1 Å². The molecule has 1 atom stereocenters. The Balaban J connectivity index is 1.82. The Hall–Kier alpha value is -3.40. The molecule has 1 fully saturated rings. The molecule has 0 radical (unpaired) electrons. The number of halogens is 3. The van der Waals surface area contributed by atoms with Gasteiger partial charge in [-0.1, -0.05) is 19.1 Å². The Morgan fingerprint density at radius 2 is 1.94 bits per heavy atom. The summed E-state index contributed by atoms with van der Waals surface area (Å²) in [6.45, 7) is 1.86. The molecule has 4 rings (SSSR count). The van der Waals surface area contributed by atoms with E-state index in [2.05, 4.69) is 15.3 Å². The van der Waals surface area contributed by atoms with Gasteiger partial charge < -0.3 is 5.11 Å². The number of amides is 2. The Morgan fingerprint density at radius 3 is 2.58 bits per heavy atom. The van der Waals surface area contributed by atoms with E-state index in [1.807, 2.05) is 13.0 Å². The molecule has 2 aliphatic heterocycles. The summed E-state index contributed by atoms with van der Waals surface area (Å²) >= 11 is 0. The maximum Gasteiger partial charge on any atom is 0.330 e. The summed E-state index contributed by atoms with van der Waals surface area (Å²) in [5, 5.41) is 12.1. The lowest BCUT2D eigenvalue weighted by atomic mass is 10.1. The molecule has 2 heterocycles. The molecule has 0 spiro atoms. The second kappa shape index (κ2) is 8.03. The zero-order valence-electron chi connectivity index (χ0n) is 16.9. The number of nitrogens with zero attached hydrogens (tertiary/aromatic N) is 4. The van der Waals surface area contributed by atoms with Gasteiger partial charge >= 0.3 is 6.03 Å². The monoisotopic (exact) mass is 431 g/mol. The van der Waals surface area contributed by atoms with Gasteiger partial charge in [0.25, 0.3) is 0 Å². The normalized spacial score (nSPS) is 19.5. The largest absolute Gasteiger partial charge is 0.392 e. The summed E-state index contributed by atoms with van der Waals surface area (Å²) in [4.78, 5) is 24.2. The van der Waals surface area contributed by atoms with Crippen molar-refractivity contribution in [1.29, 1.82) is 0 Å². The maximum absolute atomic E-state index is 13.9. The van der Waals surface area contributed by atoms with Gasteiger partial charge in [-0.2, -0.15) is 0 Å². The van der Waals surface area contributed by atoms with Crippen molar-refractivity contribution in [3.8, 4) is 0 Å². The minimum Gasteiger partial charge on any atom is -0.392 e. The third-order valence-corrected chi connectivity index (χ3v) is 5.31. The second-order valence-corrected chi connectivity index (χ2v) is 7.22. The third-order valence-electron chi connectivity index (χ3n) is 5.31. The SMILES string of the molecule is CCc1ccc(CO)cc1N=C1NC(=O)N(C)C2=NCC(c3cc(F)c(F)c(F)c3)N12. The zero-order chi connectivity index (χ0) is 22.3. The summed E-state index contributed by atoms with van der Waals surface area (Å²) in [5.41, 5.74) is 2.22. The van der Waals surface area contributed by atoms with Crippen LogP contribution in [0.4, 0.5) is 23.7 Å². The number of urea groups is 1. The van der Waals surface area contributed by atoms with Crippen LogP contribution in [0.25, 0.3) is 0 Å². The Kier molecular flexibility index (Phi) is 5.40. The number of carbonyl (C=O) groups is 1. The number of nitrogens with one attached hydrogen (secondary N) is 1. The number of aliphatic hydroxyl groups is 1. The number of benzene rings is 2. The predicted molar refractivity (Wildman–Crippen MR) is 108 cm³/mol. The van der Waals surface area contributed by atoms with Crippen molar-refractivity contribution in [3.05, 3.63) is 64.5 Å². The Morgan fingerprint density at radius 1 is 1.23 bits per heavy atom. The minimum atomic E-state index is -1.55. The summed E-state index contributed by atoms with van der Waals surface area (Å²) in [5.74, 6) is -3.77. The van der Waals surface area contributed by atoms with E-state index in [-0.39, 0.29) is 30.6 Å². The predicted octanol–water partition coefficient (Wildman–Crippen LogP) is 3.21. The van der Waals surface area contributed by atoms with E-state index in [1.54, 1.807) is 17.0 Å². The van der Waals surface area contributed by atoms with Gasteiger partial charge in [-0.05, 0) is 41.3 Å². The number of aliphatic imine (C=N–C) groups is 2. The first kappa shape index (κ1) is 20.9. The Bertz CT molecular complexity index is 1100. The Labute approximate surface area is 176 Å². The average Bonchev–Trinajstić information content (AvgIpc) is 3.21. The van der Waals surface area contributed by atoms with Crippen LogP contribution in [0.15, 0.2) is 40.3 Å². The van der Waals surface area contributed by atoms with Gasteiger partial charge in [0.2, 0.25) is 11.9 Å². The number of hydrogen-bond acceptors (Lipinski definition) is 4. The zero-order valence-corrected chi connectivity index (χ0v) is 16.9. The van der Waals surface area contributed by atoms with E-state index in [9.17, 15) is 23.1 Å². The molecule has 162 valence electrons. The van der Waals surface area contributed by atoms with Gasteiger partial charge in [0.1, 0.15) is 0 Å². The van der Waals surface area contributed by atoms with E-state index in [0.29, 0.717) is 17.7 Å². The van der Waals surface area contributed by atoms with Gasteiger partial charge in [0.15, 0.2) is 17.5 Å². The van der Waals surface area contributed by atoms with Crippen LogP contribution in [0, 0.1) is 17.5 Å². The lowest BCUT2D eigenvalue weighted by Gasteiger charge is -2.36. The lowest BCUT2D eigenvalue weighted by molar-refractivity contribution is 0.222. The van der Waals surface area contributed by atoms with Crippen molar-refractivity contribution in [2.75, 3.05) is 13.6 Å². The number of aliphatic hydroxyl groups excluding tert-OH is 1. The first-order valence-electron chi connectivity index (χ1n) is 9.68. The fourth-order valence-corrected chi connectivity index (χ4v) is 3.63. The van der Waals surface area contributed by atoms with Crippen LogP contribution in [-0.2, 0) is 13.0 Å². The van der Waals surface area contributed by atoms with Crippen LogP contribution < -0.4 is 5.32 Å². The fraction of sp³-hybridized carbons (Fsp3) is 0.286. The van der Waals surface area contributed by atoms with E-state index < -0.39 is 29.5 Å². The quantitative estimate of drug-likeness (QED) is 0.730. The van der Waals surface area contributed by atoms with Crippen molar-refractivity contribution in [1.82, 2.24) is 15.1 Å². The molecule has 0 aliphatic carbocycles. The molecule has 1 unspecified atom stereocenters. The molecule has 1 saturated heterocycles. The highest BCUT2D eigenvalue weighted by Gasteiger charge is 2.41. The van der Waals surface area contributed by atoms with Crippen LogP contribution in [0.1, 0.15) is 29.7 Å². The first-order valence-corrected chi connectivity index (χ1v) is 9.68. The van der Waals surface area contributed by atoms with Gasteiger partial charge in [-0.15, -0.1) is 0 Å². The molecular weight excluding hydrogens is 411 g/mol. The number of fused-ring (bicyclic) bond motifs is 1. The lowest BCUT2D eigenvalue weighted by Crippen LogP contribution is -2.61. The van der Waals surface area contributed by atoms with Crippen LogP contribution in [-0.4, -0.2) is 46.4 Å². The molecule has 0 saturated carbocycles. The first-order chi connectivity index (χ1) is 14.8. The molecule has 2 aromatic carbocycles. The number of hydrogen-bond donors (Lipinski definition) is 2. The molecule has 2 aliphatic rings. The smallest absolute Gasteiger partial charge is 0.330 e. The van der Waals surface area contributed by atoms with E-state index in [1.165, 1.54) is 11.9 Å². The molecule has 2 aromatic rings. The van der Waals surface area contributed by atoms with Gasteiger partial charge in [-0.25, -0.2) is 28.0 Å². The van der Waals surface area contributed by atoms with Crippen LogP contribution in [0.5, 0.6) is 0 Å². The van der Waals surface area contributed by atoms with E-state index in [0.717, 1.165) is 17.7 Å². The standard InChI is InChI=1S/C21H20F3N5O2/c1-3-12-5-4-11(10-30)6-16(12)26-19-27-21(31)28(2)20-25-9-17(29(19)20)13-7-14(22)18(24)15(23)8-13/h4-8,17,30H,3,9-10H2,1-2H3,(H,26,27,31). The highest BCUT2D eigenvalue weighted by molar-refractivity contribution is 6.16. The summed E-state index contributed by atoms with van der Waals surface area (Å²) in [6, 6.07) is 5.98. The van der Waals surface area contributed by atoms with Crippen LogP contribution in [0.2, 0.25) is 0 Å². The number of guanidine groups is 2. The topological polar surface area (TPSA) is 80.5 Å². The molecule has 0 aromatic heterocycles. The third kappa shape index (κ3) is 3.63. The molecular formula is C21H20F3N5O2. The highest BCUT2D eigenvalue weighted by atomic mass is 19.2. The number of aryl methyl sites for hydroxylation is 1. The minimum absolute atomic E-state index is 0.0927. The van der Waals surface area contributed by atoms with Crippen LogP contribution in [0.3, 0.4) is 0 Å². The van der Waals surface area contributed by atoms with Crippen molar-refractivity contribution in [2.45, 2.75) is 26.0 Å². The number of carbonyl (C=O) groups excluding carboxylic acids is 1.